The Morgan fingerprint density at radius 3 is 2.77 bits per heavy atom. The smallest absolute Gasteiger partial charge is 0.244 e. The number of aromatic nitrogens is 2. The van der Waals surface area contributed by atoms with E-state index in [0.29, 0.717) is 24.5 Å². The van der Waals surface area contributed by atoms with Crippen LogP contribution in [0.15, 0.2) is 40.7 Å². The summed E-state index contributed by atoms with van der Waals surface area (Å²) in [5.74, 6) is -0.367. The maximum absolute atomic E-state index is 12.7. The summed E-state index contributed by atoms with van der Waals surface area (Å²) in [6.45, 7) is 0.339. The SMILES string of the molecule is O=C(Nc1nncs1)C1CCCN1S(=O)(=O)c1ccccc1. The minimum atomic E-state index is -3.67. The first-order valence-electron chi connectivity index (χ1n) is 6.73. The van der Waals surface area contributed by atoms with Gasteiger partial charge in [-0.1, -0.05) is 29.5 Å². The predicted molar refractivity (Wildman–Crippen MR) is 81.9 cm³/mol. The van der Waals surface area contributed by atoms with Gasteiger partial charge in [-0.25, -0.2) is 8.42 Å². The summed E-state index contributed by atoms with van der Waals surface area (Å²) in [6, 6.07) is 7.44. The predicted octanol–water partition coefficient (Wildman–Crippen LogP) is 1.33. The molecule has 9 heteroatoms. The molecule has 0 spiro atoms. The van der Waals surface area contributed by atoms with Crippen molar-refractivity contribution in [3.05, 3.63) is 35.8 Å². The van der Waals surface area contributed by atoms with Gasteiger partial charge < -0.3 is 0 Å². The molecule has 1 aliphatic rings. The highest BCUT2D eigenvalue weighted by atomic mass is 32.2. The molecule has 1 aromatic carbocycles. The van der Waals surface area contributed by atoms with E-state index in [9.17, 15) is 13.2 Å². The third-order valence-corrected chi connectivity index (χ3v) is 5.98. The number of anilines is 1. The number of hydrogen-bond acceptors (Lipinski definition) is 6. The zero-order chi connectivity index (χ0) is 15.6. The number of rotatable bonds is 4. The second-order valence-electron chi connectivity index (χ2n) is 4.82. The molecule has 1 aromatic heterocycles. The van der Waals surface area contributed by atoms with Crippen LogP contribution in [0.2, 0.25) is 0 Å². The Kier molecular flexibility index (Phi) is 4.19. The molecule has 1 fully saturated rings. The Morgan fingerprint density at radius 2 is 2.09 bits per heavy atom. The first-order valence-corrected chi connectivity index (χ1v) is 9.05. The first-order chi connectivity index (χ1) is 10.6. The molecule has 1 atom stereocenters. The van der Waals surface area contributed by atoms with Crippen LogP contribution in [0.25, 0.3) is 0 Å². The van der Waals surface area contributed by atoms with Crippen LogP contribution in [0.1, 0.15) is 12.8 Å². The van der Waals surface area contributed by atoms with Crippen molar-refractivity contribution in [1.29, 1.82) is 0 Å². The topological polar surface area (TPSA) is 92.3 Å². The minimum Gasteiger partial charge on any atom is -0.299 e. The van der Waals surface area contributed by atoms with Gasteiger partial charge in [0, 0.05) is 6.54 Å². The number of amides is 1. The van der Waals surface area contributed by atoms with Gasteiger partial charge in [-0.2, -0.15) is 4.31 Å². The molecule has 2 heterocycles. The van der Waals surface area contributed by atoms with Crippen molar-refractivity contribution in [3.8, 4) is 0 Å². The average Bonchev–Trinajstić information content (AvgIpc) is 3.19. The molecule has 0 aliphatic carbocycles. The molecular weight excluding hydrogens is 324 g/mol. The van der Waals surface area contributed by atoms with Crippen molar-refractivity contribution >= 4 is 32.4 Å². The largest absolute Gasteiger partial charge is 0.299 e. The van der Waals surface area contributed by atoms with Crippen LogP contribution in [-0.4, -0.2) is 41.4 Å². The lowest BCUT2D eigenvalue weighted by Crippen LogP contribution is -2.43. The standard InChI is InChI=1S/C13H14N4O3S2/c18-12(15-13-16-14-9-21-13)11-7-4-8-17(11)22(19,20)10-5-2-1-3-6-10/h1-3,5-6,9,11H,4,7-8H2,(H,15,16,18). The van der Waals surface area contributed by atoms with Gasteiger partial charge in [-0.15, -0.1) is 10.2 Å². The molecule has 7 nitrogen and oxygen atoms in total. The number of carbonyl (C=O) groups is 1. The summed E-state index contributed by atoms with van der Waals surface area (Å²) in [7, 11) is -3.67. The van der Waals surface area contributed by atoms with Crippen molar-refractivity contribution < 1.29 is 13.2 Å². The second kappa shape index (κ2) is 6.11. The number of benzene rings is 1. The van der Waals surface area contributed by atoms with E-state index < -0.39 is 16.1 Å². The van der Waals surface area contributed by atoms with Crippen molar-refractivity contribution in [2.75, 3.05) is 11.9 Å². The third-order valence-electron chi connectivity index (χ3n) is 3.45. The normalized spacial score (nSPS) is 19.2. The van der Waals surface area contributed by atoms with Crippen LogP contribution < -0.4 is 5.32 Å². The lowest BCUT2D eigenvalue weighted by molar-refractivity contribution is -0.119. The molecule has 22 heavy (non-hydrogen) atoms. The van der Waals surface area contributed by atoms with Crippen LogP contribution in [0.4, 0.5) is 5.13 Å². The van der Waals surface area contributed by atoms with E-state index in [1.165, 1.54) is 33.3 Å². The van der Waals surface area contributed by atoms with Gasteiger partial charge in [0.1, 0.15) is 11.6 Å². The van der Waals surface area contributed by atoms with Crippen molar-refractivity contribution in [2.24, 2.45) is 0 Å². The van der Waals surface area contributed by atoms with E-state index in [0.717, 1.165) is 0 Å². The van der Waals surface area contributed by atoms with Gasteiger partial charge in [0.2, 0.25) is 21.1 Å². The van der Waals surface area contributed by atoms with Gasteiger partial charge in [0.25, 0.3) is 0 Å². The van der Waals surface area contributed by atoms with Crippen LogP contribution in [0.5, 0.6) is 0 Å². The quantitative estimate of drug-likeness (QED) is 0.908. The number of nitrogens with zero attached hydrogens (tertiary/aromatic N) is 3. The van der Waals surface area contributed by atoms with Gasteiger partial charge in [-0.05, 0) is 25.0 Å². The molecule has 1 amide bonds. The average molecular weight is 338 g/mol. The van der Waals surface area contributed by atoms with Gasteiger partial charge in [0.15, 0.2) is 0 Å². The monoisotopic (exact) mass is 338 g/mol. The van der Waals surface area contributed by atoms with Crippen LogP contribution >= 0.6 is 11.3 Å². The van der Waals surface area contributed by atoms with Gasteiger partial charge >= 0.3 is 0 Å². The minimum absolute atomic E-state index is 0.200. The second-order valence-corrected chi connectivity index (χ2v) is 7.54. The van der Waals surface area contributed by atoms with Crippen molar-refractivity contribution in [2.45, 2.75) is 23.8 Å². The van der Waals surface area contributed by atoms with Crippen LogP contribution in [0, 0.1) is 0 Å². The maximum Gasteiger partial charge on any atom is 0.244 e. The van der Waals surface area contributed by atoms with E-state index in [1.807, 2.05) is 0 Å². The van der Waals surface area contributed by atoms with E-state index in [-0.39, 0.29) is 10.8 Å². The molecule has 116 valence electrons. The fraction of sp³-hybridized carbons (Fsp3) is 0.308. The Bertz CT molecular complexity index is 747. The van der Waals surface area contributed by atoms with Gasteiger partial charge in [-0.3, -0.25) is 10.1 Å². The molecule has 1 unspecified atom stereocenters. The molecule has 0 bridgehead atoms. The Labute approximate surface area is 132 Å². The van der Waals surface area contributed by atoms with E-state index in [4.69, 9.17) is 0 Å². The molecule has 1 aliphatic heterocycles. The third kappa shape index (κ3) is 2.87. The highest BCUT2D eigenvalue weighted by Gasteiger charge is 2.39. The Balaban J connectivity index is 1.82. The van der Waals surface area contributed by atoms with E-state index in [1.54, 1.807) is 18.2 Å². The Hall–Kier alpha value is -1.84. The highest BCUT2D eigenvalue weighted by Crippen LogP contribution is 2.27. The highest BCUT2D eigenvalue weighted by molar-refractivity contribution is 7.89. The molecule has 1 saturated heterocycles. The summed E-state index contributed by atoms with van der Waals surface area (Å²) in [5.41, 5.74) is 1.50. The molecule has 3 rings (SSSR count). The van der Waals surface area contributed by atoms with Crippen LogP contribution in [0.3, 0.4) is 0 Å². The van der Waals surface area contributed by atoms with E-state index in [2.05, 4.69) is 15.5 Å². The number of carbonyl (C=O) groups excluding carboxylic acids is 1. The summed E-state index contributed by atoms with van der Waals surface area (Å²) >= 11 is 1.19. The van der Waals surface area contributed by atoms with Gasteiger partial charge in [0.05, 0.1) is 4.90 Å². The Morgan fingerprint density at radius 1 is 1.32 bits per heavy atom. The first kappa shape index (κ1) is 15.1. The molecular formula is C13H14N4O3S2. The fourth-order valence-electron chi connectivity index (χ4n) is 2.43. The number of sulfonamides is 1. The molecule has 0 saturated carbocycles. The van der Waals surface area contributed by atoms with Crippen LogP contribution in [-0.2, 0) is 14.8 Å². The summed E-state index contributed by atoms with van der Waals surface area (Å²) in [5, 5.41) is 10.4. The zero-order valence-corrected chi connectivity index (χ0v) is 13.2. The summed E-state index contributed by atoms with van der Waals surface area (Å²) in [6.07, 6.45) is 1.15. The van der Waals surface area contributed by atoms with Crippen molar-refractivity contribution in [1.82, 2.24) is 14.5 Å². The molecule has 1 N–H and O–H groups in total. The molecule has 0 radical (unpaired) electrons. The zero-order valence-electron chi connectivity index (χ0n) is 11.5. The van der Waals surface area contributed by atoms with Crippen molar-refractivity contribution in [3.63, 3.8) is 0 Å². The lowest BCUT2D eigenvalue weighted by atomic mass is 10.2. The summed E-state index contributed by atoms with van der Waals surface area (Å²) in [4.78, 5) is 12.5. The number of nitrogens with one attached hydrogen (secondary N) is 1. The fourth-order valence-corrected chi connectivity index (χ4v) is 4.56. The number of hydrogen-bond donors (Lipinski definition) is 1. The van der Waals surface area contributed by atoms with E-state index >= 15 is 0 Å². The molecule has 2 aromatic rings. The summed E-state index contributed by atoms with van der Waals surface area (Å²) < 4.78 is 26.6. The lowest BCUT2D eigenvalue weighted by Gasteiger charge is -2.22. The maximum atomic E-state index is 12.7.